The Morgan fingerprint density at radius 1 is 0.544 bits per heavy atom. The third-order valence-electron chi connectivity index (χ3n) is 9.77. The van der Waals surface area contributed by atoms with Crippen molar-refractivity contribution in [2.75, 3.05) is 139 Å². The Bertz CT molecular complexity index is 1420. The number of ether oxygens (including phenoxy) is 12. The number of primary amides is 1. The van der Waals surface area contributed by atoms with E-state index in [-0.39, 0.29) is 156 Å². The summed E-state index contributed by atoms with van der Waals surface area (Å²) in [5.41, 5.74) is 4.52. The van der Waals surface area contributed by atoms with Crippen LogP contribution in [0.1, 0.15) is 26.2 Å². The van der Waals surface area contributed by atoms with Crippen LogP contribution in [-0.4, -0.2) is 259 Å². The lowest BCUT2D eigenvalue weighted by Crippen LogP contribution is -2.59. The molecule has 2 aliphatic heterocycles. The van der Waals surface area contributed by atoms with Crippen LogP contribution in [0.15, 0.2) is 0 Å². The molecule has 2 rings (SSSR count). The highest BCUT2D eigenvalue weighted by molar-refractivity contribution is 7.46. The maximum Gasteiger partial charge on any atom is 0.469 e. The van der Waals surface area contributed by atoms with E-state index in [0.717, 1.165) is 0 Å². The largest absolute Gasteiger partial charge is 0.469 e. The Labute approximate surface area is 394 Å². The van der Waals surface area contributed by atoms with Crippen molar-refractivity contribution < 1.29 is 121 Å². The van der Waals surface area contributed by atoms with Crippen molar-refractivity contribution in [1.29, 1.82) is 0 Å². The first-order valence-corrected chi connectivity index (χ1v) is 23.6. The van der Waals surface area contributed by atoms with E-state index in [1.54, 1.807) is 0 Å². The van der Waals surface area contributed by atoms with Gasteiger partial charge in [0.15, 0.2) is 12.6 Å². The molecule has 0 aromatic rings. The summed E-state index contributed by atoms with van der Waals surface area (Å²) in [6, 6.07) is 0. The molecule has 2 heterocycles. The molecule has 12 N–H and O–H groups in total. The number of amides is 3. The van der Waals surface area contributed by atoms with Crippen molar-refractivity contribution in [3.63, 3.8) is 0 Å². The van der Waals surface area contributed by atoms with E-state index in [2.05, 4.69) is 15.2 Å². The number of phosphoric ester groups is 1. The lowest BCUT2D eigenvalue weighted by atomic mass is 9.94. The lowest BCUT2D eigenvalue weighted by molar-refractivity contribution is -0.303. The molecule has 11 atom stereocenters. The Morgan fingerprint density at radius 3 is 1.32 bits per heavy atom. The number of carbonyl (C=O) groups is 3. The van der Waals surface area contributed by atoms with E-state index in [1.165, 1.54) is 7.11 Å². The second-order valence-electron chi connectivity index (χ2n) is 15.8. The van der Waals surface area contributed by atoms with E-state index >= 15 is 0 Å². The molecule has 0 aliphatic carbocycles. The predicted octanol–water partition coefficient (Wildman–Crippen LogP) is -5.60. The second-order valence-corrected chi connectivity index (χ2v) is 17.1. The van der Waals surface area contributed by atoms with Crippen LogP contribution in [-0.2, 0) is 80.3 Å². The summed E-state index contributed by atoms with van der Waals surface area (Å²) in [5.74, 6) is -1.05. The predicted molar refractivity (Wildman–Crippen MR) is 228 cm³/mol. The molecule has 28 nitrogen and oxygen atoms in total. The van der Waals surface area contributed by atoms with Gasteiger partial charge in [0.2, 0.25) is 17.7 Å². The number of hydrogen-bond acceptors (Lipinski definition) is 23. The van der Waals surface area contributed by atoms with Crippen LogP contribution in [0.2, 0.25) is 0 Å². The first-order valence-electron chi connectivity index (χ1n) is 22.0. The summed E-state index contributed by atoms with van der Waals surface area (Å²) in [6.45, 7) is 3.62. The molecule has 3 amide bonds. The monoisotopic (exact) mass is 1020 g/mol. The van der Waals surface area contributed by atoms with Crippen molar-refractivity contribution in [3.05, 3.63) is 0 Å². The molecule has 2 aliphatic rings. The first-order chi connectivity index (χ1) is 32.4. The van der Waals surface area contributed by atoms with Crippen LogP contribution in [0.3, 0.4) is 0 Å². The molecule has 0 aromatic carbocycles. The summed E-state index contributed by atoms with van der Waals surface area (Å²) in [6.07, 6.45) is -13.9. The molecule has 11 unspecified atom stereocenters. The molecule has 0 saturated carbocycles. The van der Waals surface area contributed by atoms with E-state index in [9.17, 15) is 49.6 Å². The smallest absolute Gasteiger partial charge is 0.387 e. The van der Waals surface area contributed by atoms with E-state index in [0.29, 0.717) is 0 Å². The van der Waals surface area contributed by atoms with Crippen LogP contribution in [0.25, 0.3) is 0 Å². The number of rotatable bonds is 40. The minimum absolute atomic E-state index is 0.00684. The molecule has 0 bridgehead atoms. The van der Waals surface area contributed by atoms with Crippen molar-refractivity contribution in [1.82, 2.24) is 10.6 Å². The summed E-state index contributed by atoms with van der Waals surface area (Å²) in [4.78, 5) is 53.5. The number of nitrogens with one attached hydrogen (secondary N) is 2. The summed E-state index contributed by atoms with van der Waals surface area (Å²) < 4.78 is 80.6. The third kappa shape index (κ3) is 26.9. The number of phosphoric acid groups is 1. The zero-order chi connectivity index (χ0) is 50.4. The van der Waals surface area contributed by atoms with Gasteiger partial charge >= 0.3 is 7.82 Å². The van der Waals surface area contributed by atoms with E-state index < -0.39 is 87.2 Å². The standard InChI is InChI=1S/C39H74N3O25P/c1-39(23-60-8-3-28(40)43,24-61-9-4-29(44)41-6-11-56-13-15-58-17-19-63-37-35(50)33(48)31(46)26(66-37)21-55-2)25-62-10-5-30(45)42-7-12-57-14-16-59-18-20-64-38-36(51)34(49)32(47)27(67-38)22-65-68(52,53)54/h26-27,31-38,46-51H,3-25H2,1-2H3,(H2,40,43)(H,41,44)(H,42,45)(H2,52,53,54). The zero-order valence-electron chi connectivity index (χ0n) is 38.6. The Morgan fingerprint density at radius 2 is 0.926 bits per heavy atom. The van der Waals surface area contributed by atoms with Crippen molar-refractivity contribution >= 4 is 25.5 Å². The van der Waals surface area contributed by atoms with Gasteiger partial charge in [-0.3, -0.25) is 18.9 Å². The van der Waals surface area contributed by atoms with E-state index in [1.807, 2.05) is 6.92 Å². The number of hydrogen-bond donors (Lipinski definition) is 11. The second kappa shape index (κ2) is 35.0. The molecule has 400 valence electrons. The van der Waals surface area contributed by atoms with Crippen LogP contribution >= 0.6 is 7.82 Å². The highest BCUT2D eigenvalue weighted by Crippen LogP contribution is 2.37. The maximum absolute atomic E-state index is 12.3. The molecule has 0 spiro atoms. The minimum atomic E-state index is -4.87. The van der Waals surface area contributed by atoms with Gasteiger partial charge in [0.1, 0.15) is 48.8 Å². The molecule has 2 saturated heterocycles. The molecular formula is C39H74N3O25P. The van der Waals surface area contributed by atoms with Gasteiger partial charge < -0.3 is 114 Å². The lowest BCUT2D eigenvalue weighted by Gasteiger charge is -2.40. The van der Waals surface area contributed by atoms with Gasteiger partial charge in [0.05, 0.1) is 119 Å². The van der Waals surface area contributed by atoms with Gasteiger partial charge in [0, 0.05) is 44.9 Å². The minimum Gasteiger partial charge on any atom is -0.387 e. The Hall–Kier alpha value is -2.20. The molecule has 0 aromatic heterocycles. The van der Waals surface area contributed by atoms with Gasteiger partial charge in [0.25, 0.3) is 0 Å². The van der Waals surface area contributed by atoms with E-state index in [4.69, 9.17) is 72.4 Å². The number of nitrogens with two attached hydrogens (primary N) is 1. The topological polar surface area (TPSA) is 400 Å². The molecular weight excluding hydrogens is 941 g/mol. The number of carbonyl (C=O) groups excluding carboxylic acids is 3. The zero-order valence-corrected chi connectivity index (χ0v) is 39.5. The Kier molecular flexibility index (Phi) is 31.9. The first kappa shape index (κ1) is 61.9. The average molecular weight is 1020 g/mol. The van der Waals surface area contributed by atoms with Crippen molar-refractivity contribution in [2.24, 2.45) is 11.1 Å². The molecule has 2 fully saturated rings. The third-order valence-corrected chi connectivity index (χ3v) is 10.3. The molecule has 29 heteroatoms. The normalized spacial score (nSPS) is 26.3. The van der Waals surface area contributed by atoms with Gasteiger partial charge in [-0.05, 0) is 0 Å². The fraction of sp³-hybridized carbons (Fsp3) is 0.923. The van der Waals surface area contributed by atoms with Crippen LogP contribution in [0, 0.1) is 5.41 Å². The van der Waals surface area contributed by atoms with Crippen molar-refractivity contribution in [2.45, 2.75) is 87.6 Å². The fourth-order valence-corrected chi connectivity index (χ4v) is 6.44. The van der Waals surface area contributed by atoms with Crippen LogP contribution in [0.5, 0.6) is 0 Å². The van der Waals surface area contributed by atoms with Crippen molar-refractivity contribution in [3.8, 4) is 0 Å². The highest BCUT2D eigenvalue weighted by Gasteiger charge is 2.46. The highest BCUT2D eigenvalue weighted by atomic mass is 31.2. The number of aliphatic hydroxyl groups is 6. The Balaban J connectivity index is 1.51. The summed E-state index contributed by atoms with van der Waals surface area (Å²) >= 11 is 0. The SMILES string of the molecule is COCC1OC(OCCOCCOCCNC(=O)CCOCC(C)(COCCC(N)=O)COCCC(=O)NCCOCCOCCOC2OC(COP(=O)(O)O)C(O)C(O)C2O)C(O)C(O)C1O. The van der Waals surface area contributed by atoms with Gasteiger partial charge in [-0.2, -0.15) is 0 Å². The maximum atomic E-state index is 12.3. The number of aliphatic hydroxyl groups excluding tert-OH is 6. The molecule has 0 radical (unpaired) electrons. The average Bonchev–Trinajstić information content (AvgIpc) is 3.29. The fourth-order valence-electron chi connectivity index (χ4n) is 6.09. The summed E-state index contributed by atoms with van der Waals surface area (Å²) in [5, 5.41) is 65.6. The molecule has 68 heavy (non-hydrogen) atoms. The van der Waals surface area contributed by atoms with Gasteiger partial charge in [-0.1, -0.05) is 6.92 Å². The summed E-state index contributed by atoms with van der Waals surface area (Å²) in [7, 11) is -3.46. The number of methoxy groups -OCH3 is 1. The van der Waals surface area contributed by atoms with Gasteiger partial charge in [-0.25, -0.2) is 4.57 Å². The van der Waals surface area contributed by atoms with Crippen LogP contribution < -0.4 is 16.4 Å². The quantitative estimate of drug-likeness (QED) is 0.0201. The van der Waals surface area contributed by atoms with Crippen LogP contribution in [0.4, 0.5) is 0 Å². The van der Waals surface area contributed by atoms with Gasteiger partial charge in [-0.15, -0.1) is 0 Å².